The molecule has 0 heterocycles. The summed E-state index contributed by atoms with van der Waals surface area (Å²) in [5.74, 6) is 0.531. The zero-order chi connectivity index (χ0) is 15.1. The molecule has 5 nitrogen and oxygen atoms in total. The van der Waals surface area contributed by atoms with Gasteiger partial charge in [0.1, 0.15) is 12.4 Å². The van der Waals surface area contributed by atoms with Crippen LogP contribution in [0.5, 0.6) is 17.2 Å². The highest BCUT2D eigenvalue weighted by molar-refractivity contribution is 5.49. The molecule has 0 atom stereocenters. The van der Waals surface area contributed by atoms with Crippen molar-refractivity contribution in [3.05, 3.63) is 48.0 Å². The number of phenols is 2. The van der Waals surface area contributed by atoms with Crippen LogP contribution in [0.1, 0.15) is 5.56 Å². The number of phenolic OH excluding ortho intramolecular Hbond substituents is 2. The van der Waals surface area contributed by atoms with Gasteiger partial charge >= 0.3 is 0 Å². The predicted octanol–water partition coefficient (Wildman–Crippen LogP) is 2.74. The normalized spacial score (nSPS) is 10.3. The van der Waals surface area contributed by atoms with Crippen LogP contribution in [-0.4, -0.2) is 30.5 Å². The van der Waals surface area contributed by atoms with E-state index in [0.717, 1.165) is 17.0 Å². The molecule has 3 N–H and O–H groups in total. The summed E-state index contributed by atoms with van der Waals surface area (Å²) in [4.78, 5) is 0. The van der Waals surface area contributed by atoms with Gasteiger partial charge < -0.3 is 25.0 Å². The van der Waals surface area contributed by atoms with Crippen LogP contribution in [0.15, 0.2) is 42.5 Å². The van der Waals surface area contributed by atoms with Crippen LogP contribution in [0.4, 0.5) is 5.69 Å². The SMILES string of the molecule is COCCOc1cccc(NCc2ccc(O)c(O)c2)c1. The summed E-state index contributed by atoms with van der Waals surface area (Å²) in [6.45, 7) is 1.59. The number of hydrogen-bond acceptors (Lipinski definition) is 5. The molecule has 112 valence electrons. The van der Waals surface area contributed by atoms with Crippen molar-refractivity contribution < 1.29 is 19.7 Å². The summed E-state index contributed by atoms with van der Waals surface area (Å²) in [6.07, 6.45) is 0. The zero-order valence-corrected chi connectivity index (χ0v) is 11.9. The number of anilines is 1. The van der Waals surface area contributed by atoms with Crippen LogP contribution < -0.4 is 10.1 Å². The molecular weight excluding hydrogens is 270 g/mol. The van der Waals surface area contributed by atoms with Gasteiger partial charge in [-0.15, -0.1) is 0 Å². The standard InChI is InChI=1S/C16H19NO4/c1-20-7-8-21-14-4-2-3-13(10-14)17-11-12-5-6-15(18)16(19)9-12/h2-6,9-10,17-19H,7-8,11H2,1H3. The van der Waals surface area contributed by atoms with E-state index in [-0.39, 0.29) is 11.5 Å². The first kappa shape index (κ1) is 15.0. The van der Waals surface area contributed by atoms with Crippen molar-refractivity contribution >= 4 is 5.69 Å². The van der Waals surface area contributed by atoms with Gasteiger partial charge in [-0.2, -0.15) is 0 Å². The lowest BCUT2D eigenvalue weighted by molar-refractivity contribution is 0.146. The third-order valence-electron chi connectivity index (χ3n) is 2.93. The Bertz CT molecular complexity index is 586. The van der Waals surface area contributed by atoms with E-state index in [4.69, 9.17) is 9.47 Å². The van der Waals surface area contributed by atoms with Gasteiger partial charge in [0.15, 0.2) is 11.5 Å². The molecule has 21 heavy (non-hydrogen) atoms. The van der Waals surface area contributed by atoms with Crippen LogP contribution in [0.2, 0.25) is 0 Å². The topological polar surface area (TPSA) is 71.0 Å². The van der Waals surface area contributed by atoms with Crippen LogP contribution in [0.3, 0.4) is 0 Å². The molecule has 2 aromatic carbocycles. The number of methoxy groups -OCH3 is 1. The lowest BCUT2D eigenvalue weighted by Crippen LogP contribution is -2.05. The van der Waals surface area contributed by atoms with Crippen molar-refractivity contribution in [3.63, 3.8) is 0 Å². The Morgan fingerprint density at radius 1 is 1.00 bits per heavy atom. The number of aromatic hydroxyl groups is 2. The van der Waals surface area contributed by atoms with Crippen molar-refractivity contribution in [1.82, 2.24) is 0 Å². The van der Waals surface area contributed by atoms with Gasteiger partial charge in [-0.05, 0) is 29.8 Å². The fraction of sp³-hybridized carbons (Fsp3) is 0.250. The lowest BCUT2D eigenvalue weighted by Gasteiger charge is -2.10. The first-order chi connectivity index (χ1) is 10.2. The number of nitrogens with one attached hydrogen (secondary N) is 1. The smallest absolute Gasteiger partial charge is 0.157 e. The third kappa shape index (κ3) is 4.57. The molecule has 2 aromatic rings. The van der Waals surface area contributed by atoms with Gasteiger partial charge in [0.2, 0.25) is 0 Å². The van der Waals surface area contributed by atoms with Gasteiger partial charge in [-0.1, -0.05) is 12.1 Å². The molecule has 0 bridgehead atoms. The van der Waals surface area contributed by atoms with Crippen LogP contribution in [-0.2, 0) is 11.3 Å². The number of rotatable bonds is 7. The molecule has 0 saturated carbocycles. The van der Waals surface area contributed by atoms with E-state index in [0.29, 0.717) is 19.8 Å². The Hall–Kier alpha value is -2.40. The molecule has 0 fully saturated rings. The van der Waals surface area contributed by atoms with Gasteiger partial charge in [-0.25, -0.2) is 0 Å². The van der Waals surface area contributed by atoms with Crippen molar-refractivity contribution in [2.75, 3.05) is 25.6 Å². The van der Waals surface area contributed by atoms with Gasteiger partial charge in [0, 0.05) is 25.4 Å². The monoisotopic (exact) mass is 289 g/mol. The highest BCUT2D eigenvalue weighted by atomic mass is 16.5. The number of ether oxygens (including phenoxy) is 2. The van der Waals surface area contributed by atoms with Crippen molar-refractivity contribution in [2.24, 2.45) is 0 Å². The quantitative estimate of drug-likeness (QED) is 0.540. The highest BCUT2D eigenvalue weighted by Crippen LogP contribution is 2.25. The van der Waals surface area contributed by atoms with Crippen molar-refractivity contribution in [3.8, 4) is 17.2 Å². The van der Waals surface area contributed by atoms with Crippen LogP contribution in [0.25, 0.3) is 0 Å². The van der Waals surface area contributed by atoms with E-state index in [1.807, 2.05) is 24.3 Å². The maximum absolute atomic E-state index is 9.45. The molecule has 0 aliphatic heterocycles. The molecule has 5 heteroatoms. The van der Waals surface area contributed by atoms with Gasteiger partial charge in [0.05, 0.1) is 6.61 Å². The maximum atomic E-state index is 9.45. The Balaban J connectivity index is 1.93. The van der Waals surface area contributed by atoms with E-state index >= 15 is 0 Å². The van der Waals surface area contributed by atoms with Gasteiger partial charge in [-0.3, -0.25) is 0 Å². The Morgan fingerprint density at radius 3 is 2.62 bits per heavy atom. The largest absolute Gasteiger partial charge is 0.504 e. The van der Waals surface area contributed by atoms with E-state index in [1.54, 1.807) is 13.2 Å². The Kier molecular flexibility index (Phi) is 5.29. The lowest BCUT2D eigenvalue weighted by atomic mass is 10.2. The van der Waals surface area contributed by atoms with E-state index < -0.39 is 0 Å². The third-order valence-corrected chi connectivity index (χ3v) is 2.93. The molecule has 0 aliphatic carbocycles. The summed E-state index contributed by atoms with van der Waals surface area (Å²) in [5.41, 5.74) is 1.79. The average molecular weight is 289 g/mol. The minimum Gasteiger partial charge on any atom is -0.504 e. The minimum absolute atomic E-state index is 0.118. The molecule has 0 unspecified atom stereocenters. The maximum Gasteiger partial charge on any atom is 0.157 e. The molecule has 0 aliphatic rings. The second-order valence-corrected chi connectivity index (χ2v) is 4.55. The zero-order valence-electron chi connectivity index (χ0n) is 11.9. The molecule has 0 saturated heterocycles. The Morgan fingerprint density at radius 2 is 1.86 bits per heavy atom. The highest BCUT2D eigenvalue weighted by Gasteiger charge is 2.01. The summed E-state index contributed by atoms with van der Waals surface area (Å²) >= 11 is 0. The molecule has 0 radical (unpaired) electrons. The summed E-state index contributed by atoms with van der Waals surface area (Å²) in [7, 11) is 1.63. The van der Waals surface area contributed by atoms with E-state index in [9.17, 15) is 10.2 Å². The van der Waals surface area contributed by atoms with Gasteiger partial charge in [0.25, 0.3) is 0 Å². The second-order valence-electron chi connectivity index (χ2n) is 4.55. The number of hydrogen-bond donors (Lipinski definition) is 3. The first-order valence-electron chi connectivity index (χ1n) is 6.65. The minimum atomic E-state index is -0.119. The van der Waals surface area contributed by atoms with E-state index in [1.165, 1.54) is 12.1 Å². The Labute approximate surface area is 123 Å². The molecule has 0 amide bonds. The first-order valence-corrected chi connectivity index (χ1v) is 6.65. The molecular formula is C16H19NO4. The van der Waals surface area contributed by atoms with Crippen molar-refractivity contribution in [2.45, 2.75) is 6.54 Å². The second kappa shape index (κ2) is 7.40. The summed E-state index contributed by atoms with van der Waals surface area (Å²) in [6, 6.07) is 12.4. The molecule has 0 spiro atoms. The predicted molar refractivity (Wildman–Crippen MR) is 80.9 cm³/mol. The fourth-order valence-electron chi connectivity index (χ4n) is 1.82. The van der Waals surface area contributed by atoms with Crippen LogP contribution in [0, 0.1) is 0 Å². The van der Waals surface area contributed by atoms with Crippen LogP contribution >= 0.6 is 0 Å². The van der Waals surface area contributed by atoms with E-state index in [2.05, 4.69) is 5.32 Å². The molecule has 0 aromatic heterocycles. The average Bonchev–Trinajstić information content (AvgIpc) is 2.49. The summed E-state index contributed by atoms with van der Waals surface area (Å²) < 4.78 is 10.5. The fourth-order valence-corrected chi connectivity index (χ4v) is 1.82. The number of benzene rings is 2. The molecule has 2 rings (SSSR count). The van der Waals surface area contributed by atoms with Crippen molar-refractivity contribution in [1.29, 1.82) is 0 Å². The summed E-state index contributed by atoms with van der Waals surface area (Å²) in [5, 5.41) is 22.0.